The fraction of sp³-hybridized carbons (Fsp3) is 0.321. The molecule has 0 radical (unpaired) electrons. The summed E-state index contributed by atoms with van der Waals surface area (Å²) < 4.78 is 5.45. The zero-order valence-electron chi connectivity index (χ0n) is 20.1. The van der Waals surface area contributed by atoms with Crippen molar-refractivity contribution in [2.75, 3.05) is 37.0 Å². The number of hydrogen-bond donors (Lipinski definition) is 2. The van der Waals surface area contributed by atoms with Gasteiger partial charge in [-0.2, -0.15) is 5.26 Å². The van der Waals surface area contributed by atoms with E-state index in [9.17, 15) is 4.79 Å². The number of nitrogens with one attached hydrogen (secondary N) is 2. The highest BCUT2D eigenvalue weighted by molar-refractivity contribution is 5.94. The standard InChI is InChI=1S/C28H31N5O2/c1-20(22-10-8-21(16-29)9-11-22)17-31-27(23-6-4-3-5-7-23)28(34)32-26-13-12-24(18-30-26)33-15-14-25(19-33)35-2/h3-13,18,20,25,27,31H,14-15,17,19H2,1-2H3,(H,30,32,34)/t20-,25+,27+/m0/s1. The van der Waals surface area contributed by atoms with Crippen LogP contribution in [0.1, 0.15) is 42.0 Å². The van der Waals surface area contributed by atoms with Gasteiger partial charge in [-0.1, -0.05) is 49.4 Å². The Balaban J connectivity index is 1.42. The molecule has 3 aromatic rings. The van der Waals surface area contributed by atoms with Crippen molar-refractivity contribution in [3.63, 3.8) is 0 Å². The molecule has 0 spiro atoms. The quantitative estimate of drug-likeness (QED) is 0.487. The van der Waals surface area contributed by atoms with Gasteiger partial charge in [-0.05, 0) is 47.7 Å². The van der Waals surface area contributed by atoms with Gasteiger partial charge in [0.1, 0.15) is 11.9 Å². The maximum Gasteiger partial charge on any atom is 0.247 e. The Kier molecular flexibility index (Phi) is 8.09. The summed E-state index contributed by atoms with van der Waals surface area (Å²) in [6, 6.07) is 22.7. The molecule has 7 heteroatoms. The highest BCUT2D eigenvalue weighted by atomic mass is 16.5. The van der Waals surface area contributed by atoms with Crippen molar-refractivity contribution in [2.24, 2.45) is 0 Å². The molecule has 1 aliphatic heterocycles. The fourth-order valence-electron chi connectivity index (χ4n) is 4.31. The molecule has 0 aliphatic carbocycles. The van der Waals surface area contributed by atoms with Crippen molar-refractivity contribution < 1.29 is 9.53 Å². The predicted molar refractivity (Wildman–Crippen MR) is 137 cm³/mol. The van der Waals surface area contributed by atoms with E-state index in [0.717, 1.165) is 36.3 Å². The summed E-state index contributed by atoms with van der Waals surface area (Å²) in [6.45, 7) is 4.48. The second-order valence-corrected chi connectivity index (χ2v) is 8.87. The van der Waals surface area contributed by atoms with E-state index >= 15 is 0 Å². The van der Waals surface area contributed by atoms with Gasteiger partial charge in [0.15, 0.2) is 0 Å². The number of anilines is 2. The van der Waals surface area contributed by atoms with E-state index in [1.807, 2.05) is 66.7 Å². The van der Waals surface area contributed by atoms with Gasteiger partial charge >= 0.3 is 0 Å². The minimum absolute atomic E-state index is 0.163. The highest BCUT2D eigenvalue weighted by Crippen LogP contribution is 2.23. The van der Waals surface area contributed by atoms with Crippen LogP contribution < -0.4 is 15.5 Å². The van der Waals surface area contributed by atoms with E-state index in [-0.39, 0.29) is 17.9 Å². The van der Waals surface area contributed by atoms with Crippen LogP contribution in [0.5, 0.6) is 0 Å². The molecule has 2 N–H and O–H groups in total. The summed E-state index contributed by atoms with van der Waals surface area (Å²) in [6.07, 6.45) is 3.05. The Hall–Kier alpha value is -3.73. The maximum atomic E-state index is 13.3. The van der Waals surface area contributed by atoms with Crippen molar-refractivity contribution in [1.82, 2.24) is 10.3 Å². The number of nitriles is 1. The first-order valence-electron chi connectivity index (χ1n) is 11.9. The van der Waals surface area contributed by atoms with Gasteiger partial charge in [-0.15, -0.1) is 0 Å². The van der Waals surface area contributed by atoms with E-state index in [1.54, 1.807) is 13.3 Å². The third kappa shape index (κ3) is 6.24. The van der Waals surface area contributed by atoms with Crippen molar-refractivity contribution in [1.29, 1.82) is 5.26 Å². The summed E-state index contributed by atoms with van der Waals surface area (Å²) >= 11 is 0. The summed E-state index contributed by atoms with van der Waals surface area (Å²) in [7, 11) is 1.74. The van der Waals surface area contributed by atoms with E-state index in [4.69, 9.17) is 10.00 Å². The second-order valence-electron chi connectivity index (χ2n) is 8.87. The van der Waals surface area contributed by atoms with Crippen LogP contribution >= 0.6 is 0 Å². The van der Waals surface area contributed by atoms with Gasteiger partial charge < -0.3 is 20.3 Å². The van der Waals surface area contributed by atoms with E-state index < -0.39 is 6.04 Å². The summed E-state index contributed by atoms with van der Waals surface area (Å²) in [5.41, 5.74) is 3.66. The molecule has 180 valence electrons. The van der Waals surface area contributed by atoms with Crippen LogP contribution in [-0.4, -0.2) is 43.7 Å². The Morgan fingerprint density at radius 1 is 1.14 bits per heavy atom. The molecule has 0 unspecified atom stereocenters. The molecule has 1 fully saturated rings. The summed E-state index contributed by atoms with van der Waals surface area (Å²) in [4.78, 5) is 20.0. The molecule has 1 saturated heterocycles. The second kappa shape index (κ2) is 11.6. The zero-order chi connectivity index (χ0) is 24.6. The van der Waals surface area contributed by atoms with E-state index in [1.165, 1.54) is 0 Å². The number of benzene rings is 2. The molecule has 1 aromatic heterocycles. The van der Waals surface area contributed by atoms with Crippen LogP contribution in [-0.2, 0) is 9.53 Å². The molecule has 0 saturated carbocycles. The maximum absolute atomic E-state index is 13.3. The van der Waals surface area contributed by atoms with Crippen LogP contribution in [0.3, 0.4) is 0 Å². The highest BCUT2D eigenvalue weighted by Gasteiger charge is 2.24. The lowest BCUT2D eigenvalue weighted by atomic mass is 9.98. The lowest BCUT2D eigenvalue weighted by molar-refractivity contribution is -0.118. The molecule has 1 amide bonds. The Morgan fingerprint density at radius 2 is 1.91 bits per heavy atom. The number of pyridine rings is 1. The number of methoxy groups -OCH3 is 1. The van der Waals surface area contributed by atoms with Crippen molar-refractivity contribution in [3.05, 3.63) is 89.6 Å². The van der Waals surface area contributed by atoms with Crippen molar-refractivity contribution >= 4 is 17.4 Å². The first-order chi connectivity index (χ1) is 17.1. The van der Waals surface area contributed by atoms with Crippen LogP contribution in [0.2, 0.25) is 0 Å². The van der Waals surface area contributed by atoms with Gasteiger partial charge in [0.05, 0.1) is 29.6 Å². The van der Waals surface area contributed by atoms with Gasteiger partial charge in [-0.25, -0.2) is 4.98 Å². The number of rotatable bonds is 9. The molecular formula is C28H31N5O2. The largest absolute Gasteiger partial charge is 0.380 e. The monoisotopic (exact) mass is 469 g/mol. The Bertz CT molecular complexity index is 1140. The number of aromatic nitrogens is 1. The molecule has 2 heterocycles. The van der Waals surface area contributed by atoms with Crippen LogP contribution in [0, 0.1) is 11.3 Å². The predicted octanol–water partition coefficient (Wildman–Crippen LogP) is 4.25. The van der Waals surface area contributed by atoms with Gasteiger partial charge in [0.25, 0.3) is 0 Å². The summed E-state index contributed by atoms with van der Waals surface area (Å²) in [5, 5.41) is 15.4. The first-order valence-corrected chi connectivity index (χ1v) is 11.9. The molecule has 35 heavy (non-hydrogen) atoms. The SMILES string of the molecule is CO[C@@H]1CCN(c2ccc(NC(=O)[C@H](NC[C@H](C)c3ccc(C#N)cc3)c3ccccc3)nc2)C1. The first kappa shape index (κ1) is 24.4. The average Bonchev–Trinajstić information content (AvgIpc) is 3.39. The van der Waals surface area contributed by atoms with Crippen LogP contribution in [0.15, 0.2) is 72.9 Å². The third-order valence-corrected chi connectivity index (χ3v) is 6.47. The zero-order valence-corrected chi connectivity index (χ0v) is 20.1. The lowest BCUT2D eigenvalue weighted by Gasteiger charge is -2.22. The normalized spacial score (nSPS) is 16.9. The molecule has 4 rings (SSSR count). The molecule has 1 aliphatic rings. The molecule has 3 atom stereocenters. The van der Waals surface area contributed by atoms with Gasteiger partial charge in [0, 0.05) is 26.7 Å². The average molecular weight is 470 g/mol. The number of ether oxygens (including phenoxy) is 1. The number of amides is 1. The number of carbonyl (C=O) groups excluding carboxylic acids is 1. The Morgan fingerprint density at radius 3 is 2.54 bits per heavy atom. The van der Waals surface area contributed by atoms with Gasteiger partial charge in [0.2, 0.25) is 5.91 Å². The van der Waals surface area contributed by atoms with Crippen LogP contribution in [0.25, 0.3) is 0 Å². The molecule has 7 nitrogen and oxygen atoms in total. The number of carbonyl (C=O) groups is 1. The third-order valence-electron chi connectivity index (χ3n) is 6.47. The van der Waals surface area contributed by atoms with E-state index in [2.05, 4.69) is 33.5 Å². The Labute approximate surface area is 206 Å². The fourth-order valence-corrected chi connectivity index (χ4v) is 4.31. The number of hydrogen-bond acceptors (Lipinski definition) is 6. The smallest absolute Gasteiger partial charge is 0.247 e. The summed E-state index contributed by atoms with van der Waals surface area (Å²) in [5.74, 6) is 0.517. The van der Waals surface area contributed by atoms with Gasteiger partial charge in [-0.3, -0.25) is 4.79 Å². The van der Waals surface area contributed by atoms with Crippen molar-refractivity contribution in [2.45, 2.75) is 31.4 Å². The molecular weight excluding hydrogens is 438 g/mol. The lowest BCUT2D eigenvalue weighted by Crippen LogP contribution is -2.35. The minimum atomic E-state index is -0.528. The topological polar surface area (TPSA) is 90.3 Å². The van der Waals surface area contributed by atoms with Crippen LogP contribution in [0.4, 0.5) is 11.5 Å². The minimum Gasteiger partial charge on any atom is -0.380 e. The number of nitrogens with zero attached hydrogens (tertiary/aromatic N) is 3. The van der Waals surface area contributed by atoms with Crippen molar-refractivity contribution in [3.8, 4) is 6.07 Å². The van der Waals surface area contributed by atoms with E-state index in [0.29, 0.717) is 17.9 Å². The molecule has 2 aromatic carbocycles. The molecule has 0 bridgehead atoms.